The molecule has 0 bridgehead atoms. The Morgan fingerprint density at radius 2 is 1.72 bits per heavy atom. The van der Waals surface area contributed by atoms with Crippen LogP contribution in [0.15, 0.2) is 30.3 Å². The Labute approximate surface area is 116 Å². The molecule has 1 aromatic carbocycles. The SMILES string of the molecule is CN(CCCN)CCCN(Cl)Cc1ccccc1. The van der Waals surface area contributed by atoms with Gasteiger partial charge in [0.25, 0.3) is 0 Å². The van der Waals surface area contributed by atoms with Crippen LogP contribution in [-0.2, 0) is 6.54 Å². The lowest BCUT2D eigenvalue weighted by Gasteiger charge is -2.18. The molecule has 1 aromatic rings. The molecule has 0 fully saturated rings. The average Bonchev–Trinajstić information content (AvgIpc) is 2.37. The molecule has 0 unspecified atom stereocenters. The summed E-state index contributed by atoms with van der Waals surface area (Å²) < 4.78 is 1.85. The van der Waals surface area contributed by atoms with Crippen molar-refractivity contribution in [3.05, 3.63) is 35.9 Å². The molecule has 0 aliphatic heterocycles. The molecule has 0 spiro atoms. The summed E-state index contributed by atoms with van der Waals surface area (Å²) in [6, 6.07) is 10.3. The summed E-state index contributed by atoms with van der Waals surface area (Å²) in [6.07, 6.45) is 2.14. The number of hydrogen-bond donors (Lipinski definition) is 1. The molecule has 18 heavy (non-hydrogen) atoms. The van der Waals surface area contributed by atoms with E-state index in [9.17, 15) is 0 Å². The Kier molecular flexibility index (Phi) is 8.01. The molecule has 0 aliphatic carbocycles. The van der Waals surface area contributed by atoms with Crippen LogP contribution in [0.4, 0.5) is 0 Å². The van der Waals surface area contributed by atoms with E-state index in [-0.39, 0.29) is 0 Å². The fourth-order valence-electron chi connectivity index (χ4n) is 1.85. The Hall–Kier alpha value is -0.610. The van der Waals surface area contributed by atoms with E-state index in [0.29, 0.717) is 0 Å². The second-order valence-electron chi connectivity index (χ2n) is 4.63. The van der Waals surface area contributed by atoms with Gasteiger partial charge >= 0.3 is 0 Å². The molecule has 0 heterocycles. The van der Waals surface area contributed by atoms with E-state index in [1.807, 2.05) is 22.6 Å². The minimum absolute atomic E-state index is 0.764. The van der Waals surface area contributed by atoms with Gasteiger partial charge in [-0.05, 0) is 56.9 Å². The van der Waals surface area contributed by atoms with E-state index in [4.69, 9.17) is 17.5 Å². The minimum atomic E-state index is 0.764. The van der Waals surface area contributed by atoms with Crippen LogP contribution < -0.4 is 5.73 Å². The first-order valence-electron chi connectivity index (χ1n) is 6.55. The van der Waals surface area contributed by atoms with Gasteiger partial charge in [0.2, 0.25) is 0 Å². The largest absolute Gasteiger partial charge is 0.330 e. The van der Waals surface area contributed by atoms with Crippen molar-refractivity contribution in [2.75, 3.05) is 33.2 Å². The number of halogens is 1. The van der Waals surface area contributed by atoms with Crippen molar-refractivity contribution in [1.82, 2.24) is 9.32 Å². The van der Waals surface area contributed by atoms with Crippen LogP contribution in [0.2, 0.25) is 0 Å². The molecule has 0 saturated heterocycles. The van der Waals surface area contributed by atoms with Crippen molar-refractivity contribution >= 4 is 11.8 Å². The molecule has 1 rings (SSSR count). The highest BCUT2D eigenvalue weighted by atomic mass is 35.5. The monoisotopic (exact) mass is 269 g/mol. The molecular formula is C14H24ClN3. The third kappa shape index (κ3) is 6.97. The predicted octanol–water partition coefficient (Wildman–Crippen LogP) is 2.31. The molecule has 4 heteroatoms. The smallest absolute Gasteiger partial charge is 0.0389 e. The molecule has 0 aliphatic rings. The molecule has 0 atom stereocenters. The van der Waals surface area contributed by atoms with E-state index >= 15 is 0 Å². The van der Waals surface area contributed by atoms with Crippen molar-refractivity contribution in [3.8, 4) is 0 Å². The average molecular weight is 270 g/mol. The van der Waals surface area contributed by atoms with Crippen LogP contribution in [0.5, 0.6) is 0 Å². The zero-order valence-electron chi connectivity index (χ0n) is 11.2. The third-order valence-electron chi connectivity index (χ3n) is 2.88. The highest BCUT2D eigenvalue weighted by Crippen LogP contribution is 2.07. The van der Waals surface area contributed by atoms with Gasteiger partial charge in [0.15, 0.2) is 0 Å². The summed E-state index contributed by atoms with van der Waals surface area (Å²) >= 11 is 6.20. The Bertz CT molecular complexity index is 305. The maximum absolute atomic E-state index is 6.20. The van der Waals surface area contributed by atoms with Crippen molar-refractivity contribution in [1.29, 1.82) is 0 Å². The lowest BCUT2D eigenvalue weighted by atomic mass is 10.2. The van der Waals surface area contributed by atoms with E-state index in [0.717, 1.165) is 45.6 Å². The van der Waals surface area contributed by atoms with Crippen LogP contribution in [0, 0.1) is 0 Å². The highest BCUT2D eigenvalue weighted by Gasteiger charge is 2.03. The minimum Gasteiger partial charge on any atom is -0.330 e. The number of rotatable bonds is 9. The lowest BCUT2D eigenvalue weighted by Crippen LogP contribution is -2.25. The first-order chi connectivity index (χ1) is 8.72. The van der Waals surface area contributed by atoms with Gasteiger partial charge in [-0.25, -0.2) is 4.42 Å². The predicted molar refractivity (Wildman–Crippen MR) is 78.5 cm³/mol. The second kappa shape index (κ2) is 9.34. The zero-order chi connectivity index (χ0) is 13.2. The fraction of sp³-hybridized carbons (Fsp3) is 0.571. The molecular weight excluding hydrogens is 246 g/mol. The summed E-state index contributed by atoms with van der Waals surface area (Å²) in [6.45, 7) is 4.60. The Morgan fingerprint density at radius 1 is 1.06 bits per heavy atom. The van der Waals surface area contributed by atoms with Crippen LogP contribution in [-0.4, -0.2) is 42.5 Å². The summed E-state index contributed by atoms with van der Waals surface area (Å²) in [5.41, 5.74) is 6.74. The summed E-state index contributed by atoms with van der Waals surface area (Å²) in [5.74, 6) is 0. The van der Waals surface area contributed by atoms with Crippen LogP contribution >= 0.6 is 11.8 Å². The highest BCUT2D eigenvalue weighted by molar-refractivity contribution is 6.13. The standard InChI is InChI=1S/C14H24ClN3/c1-17(10-5-9-16)11-6-12-18(15)13-14-7-3-2-4-8-14/h2-4,7-8H,5-6,9-13,16H2,1H3. The number of benzene rings is 1. The topological polar surface area (TPSA) is 32.5 Å². The van der Waals surface area contributed by atoms with Crippen molar-refractivity contribution in [2.45, 2.75) is 19.4 Å². The van der Waals surface area contributed by atoms with Gasteiger partial charge in [-0.2, -0.15) is 0 Å². The van der Waals surface area contributed by atoms with E-state index in [1.54, 1.807) is 0 Å². The van der Waals surface area contributed by atoms with Gasteiger partial charge < -0.3 is 10.6 Å². The normalized spacial score (nSPS) is 11.4. The number of nitrogens with two attached hydrogens (primary N) is 1. The second-order valence-corrected chi connectivity index (χ2v) is 5.11. The molecule has 0 radical (unpaired) electrons. The van der Waals surface area contributed by atoms with Crippen LogP contribution in [0.25, 0.3) is 0 Å². The van der Waals surface area contributed by atoms with E-state index in [2.05, 4.69) is 24.1 Å². The van der Waals surface area contributed by atoms with Crippen LogP contribution in [0.1, 0.15) is 18.4 Å². The van der Waals surface area contributed by atoms with Gasteiger partial charge in [-0.15, -0.1) is 0 Å². The first kappa shape index (κ1) is 15.4. The maximum Gasteiger partial charge on any atom is 0.0389 e. The number of hydrogen-bond acceptors (Lipinski definition) is 3. The third-order valence-corrected chi connectivity index (χ3v) is 3.17. The maximum atomic E-state index is 6.20. The van der Waals surface area contributed by atoms with Gasteiger partial charge in [0.1, 0.15) is 0 Å². The molecule has 0 aromatic heterocycles. The summed E-state index contributed by atoms with van der Waals surface area (Å²) in [4.78, 5) is 2.31. The zero-order valence-corrected chi connectivity index (χ0v) is 11.9. The van der Waals surface area contributed by atoms with Crippen molar-refractivity contribution in [3.63, 3.8) is 0 Å². The molecule has 2 N–H and O–H groups in total. The Balaban J connectivity index is 2.12. The van der Waals surface area contributed by atoms with E-state index in [1.165, 1.54) is 5.56 Å². The lowest BCUT2D eigenvalue weighted by molar-refractivity contribution is 0.307. The summed E-state index contributed by atoms with van der Waals surface area (Å²) in [7, 11) is 2.13. The van der Waals surface area contributed by atoms with Gasteiger partial charge in [0, 0.05) is 13.1 Å². The van der Waals surface area contributed by atoms with E-state index < -0.39 is 0 Å². The molecule has 0 saturated carbocycles. The molecule has 102 valence electrons. The fourth-order valence-corrected chi connectivity index (χ4v) is 2.10. The first-order valence-corrected chi connectivity index (χ1v) is 6.89. The quantitative estimate of drug-likeness (QED) is 0.699. The van der Waals surface area contributed by atoms with Crippen molar-refractivity contribution < 1.29 is 0 Å². The van der Waals surface area contributed by atoms with Gasteiger partial charge in [-0.3, -0.25) is 0 Å². The van der Waals surface area contributed by atoms with Gasteiger partial charge in [0.05, 0.1) is 0 Å². The number of nitrogens with zero attached hydrogens (tertiary/aromatic N) is 2. The van der Waals surface area contributed by atoms with Gasteiger partial charge in [-0.1, -0.05) is 30.3 Å². The Morgan fingerprint density at radius 3 is 2.39 bits per heavy atom. The van der Waals surface area contributed by atoms with Crippen molar-refractivity contribution in [2.24, 2.45) is 5.73 Å². The molecule has 3 nitrogen and oxygen atoms in total. The molecule has 0 amide bonds. The summed E-state index contributed by atoms with van der Waals surface area (Å²) in [5, 5.41) is 0. The van der Waals surface area contributed by atoms with Crippen LogP contribution in [0.3, 0.4) is 0 Å².